The van der Waals surface area contributed by atoms with E-state index >= 15 is 0 Å². The zero-order chi connectivity index (χ0) is 15.9. The summed E-state index contributed by atoms with van der Waals surface area (Å²) < 4.78 is 34.2. The van der Waals surface area contributed by atoms with Gasteiger partial charge in [0.2, 0.25) is 0 Å². The van der Waals surface area contributed by atoms with Crippen LogP contribution >= 0.6 is 12.4 Å². The number of nitrogens with zero attached hydrogens (tertiary/aromatic N) is 1. The van der Waals surface area contributed by atoms with Crippen LogP contribution in [0.3, 0.4) is 0 Å². The second-order valence-corrected chi connectivity index (χ2v) is 5.64. The molecule has 0 spiro atoms. The lowest BCUT2D eigenvalue weighted by Gasteiger charge is -2.32. The highest BCUT2D eigenvalue weighted by Gasteiger charge is 2.19. The smallest absolute Gasteiger partial charge is 0.387 e. The fourth-order valence-electron chi connectivity index (χ4n) is 2.90. The first-order valence-corrected chi connectivity index (χ1v) is 7.61. The standard InChI is InChI=1S/C16H24F2N2O2.ClH/c1-19-10-12-5-7-20(8-6-12)11-13-3-4-14(22-16(17)18)15(9-13)21-2;/h3-4,9,12,16,19H,5-8,10-11H2,1-2H3;1H. The predicted octanol–water partition coefficient (Wildman–Crippen LogP) is 3.15. The van der Waals surface area contributed by atoms with Crippen LogP contribution in [-0.4, -0.2) is 45.3 Å². The summed E-state index contributed by atoms with van der Waals surface area (Å²) >= 11 is 0. The zero-order valence-corrected chi connectivity index (χ0v) is 14.4. The number of halogens is 3. The first-order valence-electron chi connectivity index (χ1n) is 7.61. The van der Waals surface area contributed by atoms with E-state index in [1.807, 2.05) is 13.1 Å². The highest BCUT2D eigenvalue weighted by atomic mass is 35.5. The van der Waals surface area contributed by atoms with Gasteiger partial charge in [-0.1, -0.05) is 6.07 Å². The molecule has 0 bridgehead atoms. The van der Waals surface area contributed by atoms with Gasteiger partial charge in [-0.15, -0.1) is 12.4 Å². The summed E-state index contributed by atoms with van der Waals surface area (Å²) in [5, 5.41) is 3.23. The summed E-state index contributed by atoms with van der Waals surface area (Å²) in [5.41, 5.74) is 1.05. The normalized spacial score (nSPS) is 16.2. The average molecular weight is 351 g/mol. The third-order valence-corrected chi connectivity index (χ3v) is 4.05. The van der Waals surface area contributed by atoms with Crippen LogP contribution in [-0.2, 0) is 6.54 Å². The molecule has 1 fully saturated rings. The number of rotatable bonds is 7. The molecule has 0 aliphatic carbocycles. The maximum Gasteiger partial charge on any atom is 0.387 e. The maximum absolute atomic E-state index is 12.3. The monoisotopic (exact) mass is 350 g/mol. The molecular formula is C16H25ClF2N2O2. The number of hydrogen-bond acceptors (Lipinski definition) is 4. The Morgan fingerprint density at radius 2 is 1.96 bits per heavy atom. The molecule has 1 aromatic rings. The quantitative estimate of drug-likeness (QED) is 0.819. The van der Waals surface area contributed by atoms with E-state index in [2.05, 4.69) is 15.0 Å². The van der Waals surface area contributed by atoms with Crippen LogP contribution in [0.2, 0.25) is 0 Å². The first-order chi connectivity index (χ1) is 10.6. The van der Waals surface area contributed by atoms with E-state index in [1.165, 1.54) is 20.0 Å². The van der Waals surface area contributed by atoms with E-state index in [0.29, 0.717) is 5.75 Å². The van der Waals surface area contributed by atoms with Gasteiger partial charge < -0.3 is 14.8 Å². The minimum Gasteiger partial charge on any atom is -0.493 e. The number of alkyl halides is 2. The van der Waals surface area contributed by atoms with Gasteiger partial charge in [0.25, 0.3) is 0 Å². The molecule has 7 heteroatoms. The highest BCUT2D eigenvalue weighted by molar-refractivity contribution is 5.85. The second kappa shape index (κ2) is 9.90. The van der Waals surface area contributed by atoms with Crippen molar-refractivity contribution in [3.8, 4) is 11.5 Å². The molecule has 2 rings (SSSR count). The molecule has 0 saturated carbocycles. The SMILES string of the molecule is CNCC1CCN(Cc2ccc(OC(F)F)c(OC)c2)CC1.Cl. The molecule has 0 radical (unpaired) electrons. The minimum absolute atomic E-state index is 0. The van der Waals surface area contributed by atoms with Gasteiger partial charge in [-0.2, -0.15) is 8.78 Å². The Bertz CT molecular complexity index is 469. The molecule has 0 aromatic heterocycles. The van der Waals surface area contributed by atoms with Gasteiger partial charge >= 0.3 is 6.61 Å². The molecule has 1 aliphatic heterocycles. The summed E-state index contributed by atoms with van der Waals surface area (Å²) in [6, 6.07) is 5.14. The molecule has 4 nitrogen and oxygen atoms in total. The van der Waals surface area contributed by atoms with Gasteiger partial charge in [0.15, 0.2) is 11.5 Å². The van der Waals surface area contributed by atoms with Gasteiger partial charge in [-0.05, 0) is 63.1 Å². The van der Waals surface area contributed by atoms with Gasteiger partial charge in [0, 0.05) is 6.54 Å². The summed E-state index contributed by atoms with van der Waals surface area (Å²) in [4.78, 5) is 2.38. The number of likely N-dealkylation sites (tertiary alicyclic amines) is 1. The molecule has 132 valence electrons. The van der Waals surface area contributed by atoms with Crippen LogP contribution < -0.4 is 14.8 Å². The molecule has 0 atom stereocenters. The third-order valence-electron chi connectivity index (χ3n) is 4.05. The van der Waals surface area contributed by atoms with Crippen molar-refractivity contribution in [2.45, 2.75) is 26.0 Å². The molecule has 1 saturated heterocycles. The summed E-state index contributed by atoms with van der Waals surface area (Å²) in [7, 11) is 3.45. The Morgan fingerprint density at radius 3 is 2.52 bits per heavy atom. The molecule has 1 aliphatic rings. The van der Waals surface area contributed by atoms with Crippen LogP contribution in [0.25, 0.3) is 0 Å². The largest absolute Gasteiger partial charge is 0.493 e. The van der Waals surface area contributed by atoms with E-state index in [4.69, 9.17) is 4.74 Å². The highest BCUT2D eigenvalue weighted by Crippen LogP contribution is 2.30. The molecule has 0 amide bonds. The maximum atomic E-state index is 12.3. The van der Waals surface area contributed by atoms with Gasteiger partial charge in [-0.3, -0.25) is 4.90 Å². The Hall–Kier alpha value is -1.11. The molecule has 1 heterocycles. The van der Waals surface area contributed by atoms with Crippen molar-refractivity contribution in [2.24, 2.45) is 5.92 Å². The number of benzene rings is 1. The Kier molecular flexibility index (Phi) is 8.58. The number of ether oxygens (including phenoxy) is 2. The van der Waals surface area contributed by atoms with Crippen molar-refractivity contribution in [3.05, 3.63) is 23.8 Å². The lowest BCUT2D eigenvalue weighted by atomic mass is 9.96. The van der Waals surface area contributed by atoms with Crippen molar-refractivity contribution in [1.29, 1.82) is 0 Å². The molecule has 23 heavy (non-hydrogen) atoms. The molecule has 1 aromatic carbocycles. The van der Waals surface area contributed by atoms with E-state index in [-0.39, 0.29) is 18.2 Å². The summed E-state index contributed by atoms with van der Waals surface area (Å²) in [6.07, 6.45) is 2.37. The second-order valence-electron chi connectivity index (χ2n) is 5.64. The summed E-state index contributed by atoms with van der Waals surface area (Å²) in [6.45, 7) is 1.15. The van der Waals surface area contributed by atoms with Gasteiger partial charge in [-0.25, -0.2) is 0 Å². The van der Waals surface area contributed by atoms with Crippen molar-refractivity contribution in [1.82, 2.24) is 10.2 Å². The van der Waals surface area contributed by atoms with E-state index in [0.717, 1.165) is 37.7 Å². The summed E-state index contributed by atoms with van der Waals surface area (Å²) in [5.74, 6) is 1.18. The topological polar surface area (TPSA) is 33.7 Å². The lowest BCUT2D eigenvalue weighted by molar-refractivity contribution is -0.0512. The first kappa shape index (κ1) is 19.9. The van der Waals surface area contributed by atoms with Crippen molar-refractivity contribution in [3.63, 3.8) is 0 Å². The fraction of sp³-hybridized carbons (Fsp3) is 0.625. The number of methoxy groups -OCH3 is 1. The molecule has 1 N–H and O–H groups in total. The number of hydrogen-bond donors (Lipinski definition) is 1. The predicted molar refractivity (Wildman–Crippen MR) is 88.8 cm³/mol. The lowest BCUT2D eigenvalue weighted by Crippen LogP contribution is -2.36. The van der Waals surface area contributed by atoms with E-state index in [1.54, 1.807) is 12.1 Å². The number of nitrogens with one attached hydrogen (secondary N) is 1. The van der Waals surface area contributed by atoms with Crippen LogP contribution in [0.1, 0.15) is 18.4 Å². The van der Waals surface area contributed by atoms with E-state index < -0.39 is 6.61 Å². The van der Waals surface area contributed by atoms with Crippen molar-refractivity contribution < 1.29 is 18.3 Å². The zero-order valence-electron chi connectivity index (χ0n) is 13.6. The minimum atomic E-state index is -2.84. The Balaban J connectivity index is 0.00000264. The average Bonchev–Trinajstić information content (AvgIpc) is 2.50. The third kappa shape index (κ3) is 6.12. The fourth-order valence-corrected chi connectivity index (χ4v) is 2.90. The van der Waals surface area contributed by atoms with Crippen molar-refractivity contribution >= 4 is 12.4 Å². The van der Waals surface area contributed by atoms with Crippen LogP contribution in [0.4, 0.5) is 8.78 Å². The number of piperidine rings is 1. The van der Waals surface area contributed by atoms with Gasteiger partial charge in [0.05, 0.1) is 7.11 Å². The van der Waals surface area contributed by atoms with Crippen molar-refractivity contribution in [2.75, 3.05) is 33.8 Å². The van der Waals surface area contributed by atoms with E-state index in [9.17, 15) is 8.78 Å². The Morgan fingerprint density at radius 1 is 1.26 bits per heavy atom. The van der Waals surface area contributed by atoms with Crippen LogP contribution in [0, 0.1) is 5.92 Å². The van der Waals surface area contributed by atoms with Gasteiger partial charge in [0.1, 0.15) is 0 Å². The van der Waals surface area contributed by atoms with Crippen LogP contribution in [0.5, 0.6) is 11.5 Å². The molecular weight excluding hydrogens is 326 g/mol. The molecule has 0 unspecified atom stereocenters. The van der Waals surface area contributed by atoms with Crippen LogP contribution in [0.15, 0.2) is 18.2 Å². The Labute approximate surface area is 142 Å².